The lowest BCUT2D eigenvalue weighted by atomic mass is 10.2. The second-order valence-electron chi connectivity index (χ2n) is 5.93. The van der Waals surface area contributed by atoms with Crippen LogP contribution in [-0.2, 0) is 6.54 Å². The van der Waals surface area contributed by atoms with E-state index in [0.717, 1.165) is 5.56 Å². The van der Waals surface area contributed by atoms with Gasteiger partial charge >= 0.3 is 0 Å². The fourth-order valence-corrected chi connectivity index (χ4v) is 2.91. The number of aromatic nitrogens is 2. The van der Waals surface area contributed by atoms with Gasteiger partial charge in [0.1, 0.15) is 11.0 Å². The Hall–Kier alpha value is -3.19. The molecule has 0 atom stereocenters. The van der Waals surface area contributed by atoms with Crippen molar-refractivity contribution >= 4 is 29.1 Å². The number of amides is 2. The Bertz CT molecular complexity index is 998. The maximum Gasteiger partial charge on any atom is 0.260 e. The van der Waals surface area contributed by atoms with Gasteiger partial charge in [-0.2, -0.15) is 5.10 Å². The van der Waals surface area contributed by atoms with Crippen LogP contribution in [0.15, 0.2) is 48.5 Å². The van der Waals surface area contributed by atoms with Gasteiger partial charge in [0.2, 0.25) is 5.91 Å². The molecule has 0 spiro atoms. The van der Waals surface area contributed by atoms with E-state index in [0.29, 0.717) is 23.5 Å². The Morgan fingerprint density at radius 2 is 1.78 bits per heavy atom. The number of nitrogens with one attached hydrogen (secondary N) is 1. The average Bonchev–Trinajstić information content (AvgIpc) is 2.91. The molecule has 0 saturated heterocycles. The molecule has 0 radical (unpaired) electrons. The standard InChI is InChI=1S/C19H16ClFN4O2/c1-11-16(19(27)23-15-8-4-13(5-9-15)18(22)26)17(20)25(24-11)10-12-2-6-14(21)7-3-12/h2-9H,10H2,1H3,(H2,22,26)(H,23,27). The number of hydrogen-bond donors (Lipinski definition) is 2. The highest BCUT2D eigenvalue weighted by Gasteiger charge is 2.20. The number of nitrogens with two attached hydrogens (primary N) is 1. The quantitative estimate of drug-likeness (QED) is 0.704. The molecule has 1 heterocycles. The van der Waals surface area contributed by atoms with Crippen molar-refractivity contribution in [3.8, 4) is 0 Å². The fraction of sp³-hybridized carbons (Fsp3) is 0.105. The average molecular weight is 387 g/mol. The zero-order valence-corrected chi connectivity index (χ0v) is 15.1. The SMILES string of the molecule is Cc1nn(Cc2ccc(F)cc2)c(Cl)c1C(=O)Nc1ccc(C(N)=O)cc1. The van der Waals surface area contributed by atoms with Crippen molar-refractivity contribution in [2.45, 2.75) is 13.5 Å². The maximum atomic E-state index is 13.0. The molecule has 1 aromatic heterocycles. The lowest BCUT2D eigenvalue weighted by Gasteiger charge is -2.06. The zero-order chi connectivity index (χ0) is 19.6. The molecule has 6 nitrogen and oxygen atoms in total. The van der Waals surface area contributed by atoms with E-state index in [2.05, 4.69) is 10.4 Å². The van der Waals surface area contributed by atoms with E-state index < -0.39 is 11.8 Å². The summed E-state index contributed by atoms with van der Waals surface area (Å²) in [5.41, 5.74) is 7.54. The number of rotatable bonds is 5. The molecule has 3 N–H and O–H groups in total. The maximum absolute atomic E-state index is 13.0. The molecule has 3 aromatic rings. The third-order valence-electron chi connectivity index (χ3n) is 3.97. The summed E-state index contributed by atoms with van der Waals surface area (Å²) in [4.78, 5) is 23.7. The molecule has 0 bridgehead atoms. The van der Waals surface area contributed by atoms with Gasteiger partial charge in [0.05, 0.1) is 17.8 Å². The molecule has 0 saturated carbocycles. The number of hydrogen-bond acceptors (Lipinski definition) is 3. The third-order valence-corrected chi connectivity index (χ3v) is 4.35. The van der Waals surface area contributed by atoms with Crippen molar-refractivity contribution < 1.29 is 14.0 Å². The van der Waals surface area contributed by atoms with E-state index in [-0.39, 0.29) is 16.5 Å². The van der Waals surface area contributed by atoms with Crippen LogP contribution in [0.2, 0.25) is 5.15 Å². The summed E-state index contributed by atoms with van der Waals surface area (Å²) in [7, 11) is 0. The van der Waals surface area contributed by atoms with Gasteiger partial charge in [-0.3, -0.25) is 9.59 Å². The fourth-order valence-electron chi connectivity index (χ4n) is 2.59. The van der Waals surface area contributed by atoms with Gasteiger partial charge in [0.15, 0.2) is 0 Å². The Morgan fingerprint density at radius 3 is 2.37 bits per heavy atom. The van der Waals surface area contributed by atoms with E-state index in [4.69, 9.17) is 17.3 Å². The number of aryl methyl sites for hydroxylation is 1. The summed E-state index contributed by atoms with van der Waals surface area (Å²) >= 11 is 6.34. The molecule has 27 heavy (non-hydrogen) atoms. The van der Waals surface area contributed by atoms with Crippen LogP contribution in [0, 0.1) is 12.7 Å². The van der Waals surface area contributed by atoms with Crippen LogP contribution in [0.25, 0.3) is 0 Å². The van der Waals surface area contributed by atoms with Gasteiger partial charge in [-0.05, 0) is 48.9 Å². The van der Waals surface area contributed by atoms with Crippen LogP contribution >= 0.6 is 11.6 Å². The molecule has 0 aliphatic rings. The molecule has 0 unspecified atom stereocenters. The Morgan fingerprint density at radius 1 is 1.15 bits per heavy atom. The smallest absolute Gasteiger partial charge is 0.260 e. The summed E-state index contributed by atoms with van der Waals surface area (Å²) in [5, 5.41) is 7.19. The van der Waals surface area contributed by atoms with Gasteiger partial charge in [-0.25, -0.2) is 9.07 Å². The van der Waals surface area contributed by atoms with Gasteiger partial charge < -0.3 is 11.1 Å². The highest BCUT2D eigenvalue weighted by molar-refractivity contribution is 6.33. The lowest BCUT2D eigenvalue weighted by Crippen LogP contribution is -2.14. The number of nitrogens with zero attached hydrogens (tertiary/aromatic N) is 2. The molecule has 0 fully saturated rings. The molecular formula is C19H16ClFN4O2. The van der Waals surface area contributed by atoms with E-state index in [1.807, 2.05) is 0 Å². The number of anilines is 1. The van der Waals surface area contributed by atoms with Gasteiger partial charge in [-0.1, -0.05) is 23.7 Å². The van der Waals surface area contributed by atoms with Gasteiger partial charge in [0, 0.05) is 11.3 Å². The minimum Gasteiger partial charge on any atom is -0.366 e. The van der Waals surface area contributed by atoms with Crippen LogP contribution < -0.4 is 11.1 Å². The van der Waals surface area contributed by atoms with Crippen LogP contribution in [0.4, 0.5) is 10.1 Å². The number of benzene rings is 2. The topological polar surface area (TPSA) is 90.0 Å². The summed E-state index contributed by atoms with van der Waals surface area (Å²) in [6.45, 7) is 1.98. The van der Waals surface area contributed by atoms with Crippen molar-refractivity contribution in [3.63, 3.8) is 0 Å². The van der Waals surface area contributed by atoms with Crippen molar-refractivity contribution in [1.29, 1.82) is 0 Å². The number of carbonyl (C=O) groups excluding carboxylic acids is 2. The molecule has 8 heteroatoms. The summed E-state index contributed by atoms with van der Waals surface area (Å²) in [5.74, 6) is -1.30. The number of halogens is 2. The van der Waals surface area contributed by atoms with Crippen LogP contribution in [0.3, 0.4) is 0 Å². The van der Waals surface area contributed by atoms with Crippen LogP contribution in [0.5, 0.6) is 0 Å². The molecule has 0 aliphatic heterocycles. The molecule has 0 aliphatic carbocycles. The van der Waals surface area contributed by atoms with Gasteiger partial charge in [0.25, 0.3) is 5.91 Å². The second-order valence-corrected chi connectivity index (χ2v) is 6.29. The largest absolute Gasteiger partial charge is 0.366 e. The van der Waals surface area contributed by atoms with E-state index in [1.165, 1.54) is 28.9 Å². The first-order chi connectivity index (χ1) is 12.8. The normalized spacial score (nSPS) is 10.6. The molecule has 2 aromatic carbocycles. The first kappa shape index (κ1) is 18.6. The minimum absolute atomic E-state index is 0.183. The molecule has 138 valence electrons. The van der Waals surface area contributed by atoms with E-state index in [1.54, 1.807) is 31.2 Å². The van der Waals surface area contributed by atoms with Crippen molar-refractivity contribution in [2.24, 2.45) is 5.73 Å². The molecule has 2 amide bonds. The number of carbonyl (C=O) groups is 2. The van der Waals surface area contributed by atoms with Crippen LogP contribution in [0.1, 0.15) is 32.0 Å². The van der Waals surface area contributed by atoms with Crippen molar-refractivity contribution in [1.82, 2.24) is 9.78 Å². The van der Waals surface area contributed by atoms with Gasteiger partial charge in [-0.15, -0.1) is 0 Å². The summed E-state index contributed by atoms with van der Waals surface area (Å²) in [6.07, 6.45) is 0. The van der Waals surface area contributed by atoms with E-state index in [9.17, 15) is 14.0 Å². The zero-order valence-electron chi connectivity index (χ0n) is 14.4. The third kappa shape index (κ3) is 4.15. The molecular weight excluding hydrogens is 371 g/mol. The van der Waals surface area contributed by atoms with Crippen LogP contribution in [-0.4, -0.2) is 21.6 Å². The Kier molecular flexibility index (Phi) is 5.23. The summed E-state index contributed by atoms with van der Waals surface area (Å²) in [6, 6.07) is 12.1. The Balaban J connectivity index is 1.79. The molecule has 3 rings (SSSR count). The lowest BCUT2D eigenvalue weighted by molar-refractivity contribution is 0.0998. The first-order valence-electron chi connectivity index (χ1n) is 8.03. The summed E-state index contributed by atoms with van der Waals surface area (Å²) < 4.78 is 14.5. The predicted molar refractivity (Wildman–Crippen MR) is 100 cm³/mol. The first-order valence-corrected chi connectivity index (χ1v) is 8.41. The second kappa shape index (κ2) is 7.59. The minimum atomic E-state index is -0.547. The number of primary amides is 1. The monoisotopic (exact) mass is 386 g/mol. The van der Waals surface area contributed by atoms with E-state index >= 15 is 0 Å². The van der Waals surface area contributed by atoms with Crippen molar-refractivity contribution in [2.75, 3.05) is 5.32 Å². The highest BCUT2D eigenvalue weighted by Crippen LogP contribution is 2.22. The Labute approximate surface area is 159 Å². The van der Waals surface area contributed by atoms with Crippen molar-refractivity contribution in [3.05, 3.63) is 81.9 Å². The highest BCUT2D eigenvalue weighted by atomic mass is 35.5. The predicted octanol–water partition coefficient (Wildman–Crippen LogP) is 3.38.